The molecule has 0 bridgehead atoms. The van der Waals surface area contributed by atoms with Crippen molar-refractivity contribution in [3.8, 4) is 5.88 Å². The van der Waals surface area contributed by atoms with E-state index in [0.717, 1.165) is 21.1 Å². The molecular formula is C11H14IN3O2. The van der Waals surface area contributed by atoms with Crippen LogP contribution in [0.4, 0.5) is 0 Å². The second-order valence-corrected chi connectivity index (χ2v) is 4.67. The number of halogens is 1. The Morgan fingerprint density at radius 1 is 1.47 bits per heavy atom. The van der Waals surface area contributed by atoms with Crippen LogP contribution in [-0.2, 0) is 20.1 Å². The zero-order valence-electron chi connectivity index (χ0n) is 9.74. The summed E-state index contributed by atoms with van der Waals surface area (Å²) >= 11 is 2.15. The van der Waals surface area contributed by atoms with Crippen LogP contribution < -0.4 is 10.1 Å². The molecule has 0 spiro atoms. The lowest BCUT2D eigenvalue weighted by molar-refractivity contribution is 0.373. The van der Waals surface area contributed by atoms with Gasteiger partial charge < -0.3 is 14.5 Å². The molecule has 2 heterocycles. The molecule has 1 N–H and O–H groups in total. The lowest BCUT2D eigenvalue weighted by atomic mass is 10.4. The van der Waals surface area contributed by atoms with Gasteiger partial charge in [0.25, 0.3) is 0 Å². The average molecular weight is 347 g/mol. The number of ether oxygens (including phenoxy) is 1. The van der Waals surface area contributed by atoms with E-state index in [0.29, 0.717) is 13.1 Å². The first kappa shape index (κ1) is 12.4. The third-order valence-corrected chi connectivity index (χ3v) is 2.91. The number of furan rings is 1. The molecule has 0 aromatic carbocycles. The van der Waals surface area contributed by atoms with E-state index in [2.05, 4.69) is 33.0 Å². The Labute approximate surface area is 113 Å². The topological polar surface area (TPSA) is 52.2 Å². The summed E-state index contributed by atoms with van der Waals surface area (Å²) in [6.07, 6.45) is 0. The maximum Gasteiger partial charge on any atom is 0.211 e. The second-order valence-electron chi connectivity index (χ2n) is 3.61. The number of nitrogens with one attached hydrogen (secondary N) is 1. The quantitative estimate of drug-likeness (QED) is 0.840. The molecule has 6 heteroatoms. The molecule has 2 aromatic rings. The van der Waals surface area contributed by atoms with Crippen molar-refractivity contribution in [3.63, 3.8) is 0 Å². The molecule has 0 aliphatic heterocycles. The number of rotatable bonds is 5. The van der Waals surface area contributed by atoms with E-state index < -0.39 is 0 Å². The summed E-state index contributed by atoms with van der Waals surface area (Å²) in [6.45, 7) is 1.39. The highest BCUT2D eigenvalue weighted by molar-refractivity contribution is 14.1. The van der Waals surface area contributed by atoms with Crippen molar-refractivity contribution in [2.24, 2.45) is 7.05 Å². The summed E-state index contributed by atoms with van der Waals surface area (Å²) in [5.74, 6) is 1.69. The minimum atomic E-state index is 0.689. The van der Waals surface area contributed by atoms with Gasteiger partial charge in [0.05, 0.1) is 19.3 Å². The van der Waals surface area contributed by atoms with Crippen LogP contribution in [0.2, 0.25) is 0 Å². The normalized spacial score (nSPS) is 10.8. The van der Waals surface area contributed by atoms with Gasteiger partial charge in [0.15, 0.2) is 3.77 Å². The largest absolute Gasteiger partial charge is 0.481 e. The molecule has 0 saturated carbocycles. The lowest BCUT2D eigenvalue weighted by Crippen LogP contribution is -2.12. The van der Waals surface area contributed by atoms with Crippen LogP contribution in [-0.4, -0.2) is 16.9 Å². The zero-order chi connectivity index (χ0) is 12.3. The minimum absolute atomic E-state index is 0.689. The van der Waals surface area contributed by atoms with Crippen LogP contribution in [0, 0.1) is 3.77 Å². The lowest BCUT2D eigenvalue weighted by Gasteiger charge is -1.98. The van der Waals surface area contributed by atoms with Crippen LogP contribution in [0.5, 0.6) is 5.88 Å². The SMILES string of the molecule is COc1cc(CNCc2ccc(I)o2)nn1C. The van der Waals surface area contributed by atoms with Crippen molar-refractivity contribution >= 4 is 22.6 Å². The molecule has 0 amide bonds. The predicted octanol–water partition coefficient (Wildman–Crippen LogP) is 1.92. The highest BCUT2D eigenvalue weighted by Gasteiger charge is 2.05. The Morgan fingerprint density at radius 2 is 2.29 bits per heavy atom. The first-order valence-electron chi connectivity index (χ1n) is 5.21. The zero-order valence-corrected chi connectivity index (χ0v) is 11.9. The van der Waals surface area contributed by atoms with Gasteiger partial charge in [0.2, 0.25) is 5.88 Å². The Bertz CT molecular complexity index is 493. The van der Waals surface area contributed by atoms with Gasteiger partial charge in [-0.3, -0.25) is 0 Å². The summed E-state index contributed by atoms with van der Waals surface area (Å²) in [5.41, 5.74) is 0.950. The van der Waals surface area contributed by atoms with Gasteiger partial charge in [0, 0.05) is 19.7 Å². The fourth-order valence-corrected chi connectivity index (χ4v) is 2.01. The third kappa shape index (κ3) is 3.22. The monoisotopic (exact) mass is 347 g/mol. The molecule has 5 nitrogen and oxygen atoms in total. The first-order chi connectivity index (χ1) is 8.19. The van der Waals surface area contributed by atoms with Crippen LogP contribution >= 0.6 is 22.6 Å². The third-order valence-electron chi connectivity index (χ3n) is 2.33. The summed E-state index contributed by atoms with van der Waals surface area (Å²) in [5, 5.41) is 7.58. The Morgan fingerprint density at radius 3 is 2.88 bits per heavy atom. The van der Waals surface area contributed by atoms with Crippen LogP contribution in [0.1, 0.15) is 11.5 Å². The Hall–Kier alpha value is -1.02. The van der Waals surface area contributed by atoms with Gasteiger partial charge in [-0.05, 0) is 34.7 Å². The molecule has 2 aromatic heterocycles. The van der Waals surface area contributed by atoms with E-state index >= 15 is 0 Å². The molecule has 0 radical (unpaired) electrons. The highest BCUT2D eigenvalue weighted by Crippen LogP contribution is 2.12. The van der Waals surface area contributed by atoms with E-state index in [1.54, 1.807) is 11.8 Å². The summed E-state index contributed by atoms with van der Waals surface area (Å²) < 4.78 is 13.2. The van der Waals surface area contributed by atoms with Gasteiger partial charge >= 0.3 is 0 Å². The molecular weight excluding hydrogens is 333 g/mol. The molecule has 0 aliphatic rings. The first-order valence-corrected chi connectivity index (χ1v) is 6.29. The number of nitrogens with zero attached hydrogens (tertiary/aromatic N) is 2. The van der Waals surface area contributed by atoms with Gasteiger partial charge in [-0.25, -0.2) is 4.68 Å². The highest BCUT2D eigenvalue weighted by atomic mass is 127. The molecule has 17 heavy (non-hydrogen) atoms. The standard InChI is InChI=1S/C11H14IN3O2/c1-15-11(16-2)5-8(14-15)6-13-7-9-3-4-10(12)17-9/h3-5,13H,6-7H2,1-2H3. The van der Waals surface area contributed by atoms with E-state index in [-0.39, 0.29) is 0 Å². The van der Waals surface area contributed by atoms with E-state index in [1.807, 2.05) is 25.2 Å². The molecule has 0 aliphatic carbocycles. The van der Waals surface area contributed by atoms with Crippen molar-refractivity contribution in [2.45, 2.75) is 13.1 Å². The molecule has 0 unspecified atom stereocenters. The van der Waals surface area contributed by atoms with Gasteiger partial charge in [0.1, 0.15) is 5.76 Å². The van der Waals surface area contributed by atoms with Gasteiger partial charge in [-0.2, -0.15) is 5.10 Å². The second kappa shape index (κ2) is 5.54. The van der Waals surface area contributed by atoms with Crippen LogP contribution in [0.15, 0.2) is 22.6 Å². The van der Waals surface area contributed by atoms with Crippen molar-refractivity contribution < 1.29 is 9.15 Å². The number of aryl methyl sites for hydroxylation is 1. The molecule has 92 valence electrons. The van der Waals surface area contributed by atoms with E-state index in [4.69, 9.17) is 9.15 Å². The van der Waals surface area contributed by atoms with Crippen LogP contribution in [0.25, 0.3) is 0 Å². The van der Waals surface area contributed by atoms with Gasteiger partial charge in [-0.1, -0.05) is 0 Å². The Balaban J connectivity index is 1.85. The maximum atomic E-state index is 5.45. The predicted molar refractivity (Wildman–Crippen MR) is 71.7 cm³/mol. The molecule has 0 atom stereocenters. The number of hydrogen-bond acceptors (Lipinski definition) is 4. The van der Waals surface area contributed by atoms with Crippen molar-refractivity contribution in [1.82, 2.24) is 15.1 Å². The molecule has 0 saturated heterocycles. The average Bonchev–Trinajstić information content (AvgIpc) is 2.85. The van der Waals surface area contributed by atoms with E-state index in [9.17, 15) is 0 Å². The summed E-state index contributed by atoms with van der Waals surface area (Å²) in [7, 11) is 3.50. The van der Waals surface area contributed by atoms with Crippen molar-refractivity contribution in [1.29, 1.82) is 0 Å². The number of hydrogen-bond donors (Lipinski definition) is 1. The van der Waals surface area contributed by atoms with E-state index in [1.165, 1.54) is 0 Å². The summed E-state index contributed by atoms with van der Waals surface area (Å²) in [6, 6.07) is 5.83. The minimum Gasteiger partial charge on any atom is -0.481 e. The fourth-order valence-electron chi connectivity index (χ4n) is 1.54. The number of aromatic nitrogens is 2. The fraction of sp³-hybridized carbons (Fsp3) is 0.364. The maximum absolute atomic E-state index is 5.45. The smallest absolute Gasteiger partial charge is 0.211 e. The summed E-state index contributed by atoms with van der Waals surface area (Å²) in [4.78, 5) is 0. The number of methoxy groups -OCH3 is 1. The molecule has 0 fully saturated rings. The molecule has 2 rings (SSSR count). The Kier molecular flexibility index (Phi) is 4.06. The van der Waals surface area contributed by atoms with Crippen molar-refractivity contribution in [2.75, 3.05) is 7.11 Å². The van der Waals surface area contributed by atoms with Gasteiger partial charge in [-0.15, -0.1) is 0 Å². The van der Waals surface area contributed by atoms with Crippen molar-refractivity contribution in [3.05, 3.63) is 33.4 Å². The van der Waals surface area contributed by atoms with Crippen LogP contribution in [0.3, 0.4) is 0 Å².